The summed E-state index contributed by atoms with van der Waals surface area (Å²) in [6, 6.07) is 7.03. The zero-order valence-corrected chi connectivity index (χ0v) is 9.36. The minimum atomic E-state index is 0.0588. The molecular weight excluding hydrogens is 188 g/mol. The van der Waals surface area contributed by atoms with Gasteiger partial charge in [-0.05, 0) is 30.7 Å². The van der Waals surface area contributed by atoms with Gasteiger partial charge in [-0.15, -0.1) is 0 Å². The van der Waals surface area contributed by atoms with E-state index in [0.29, 0.717) is 11.3 Å². The average Bonchev–Trinajstić information content (AvgIpc) is 2.26. The first-order valence-corrected chi connectivity index (χ1v) is 5.26. The Morgan fingerprint density at radius 2 is 1.93 bits per heavy atom. The molecule has 1 aromatic rings. The molecule has 0 aromatic heterocycles. The summed E-state index contributed by atoms with van der Waals surface area (Å²) >= 11 is 0. The number of nitrogens with two attached hydrogens (primary N) is 1. The van der Waals surface area contributed by atoms with Gasteiger partial charge < -0.3 is 10.6 Å². The number of anilines is 1. The van der Waals surface area contributed by atoms with Crippen LogP contribution in [0.3, 0.4) is 0 Å². The van der Waals surface area contributed by atoms with Gasteiger partial charge in [-0.1, -0.05) is 13.3 Å². The molecule has 15 heavy (non-hydrogen) atoms. The molecular formula is C12H18N2O. The fourth-order valence-electron chi connectivity index (χ4n) is 1.34. The monoisotopic (exact) mass is 206 g/mol. The molecule has 0 spiro atoms. The second kappa shape index (κ2) is 5.39. The van der Waals surface area contributed by atoms with E-state index in [9.17, 15) is 4.79 Å². The number of nitrogens with zero attached hydrogens (tertiary/aromatic N) is 1. The summed E-state index contributed by atoms with van der Waals surface area (Å²) in [6.07, 6.45) is 2.14. The first kappa shape index (κ1) is 11.6. The Morgan fingerprint density at radius 1 is 1.33 bits per heavy atom. The Balaban J connectivity index is 2.63. The Morgan fingerprint density at radius 3 is 2.47 bits per heavy atom. The lowest BCUT2D eigenvalue weighted by Gasteiger charge is -2.16. The topological polar surface area (TPSA) is 46.3 Å². The van der Waals surface area contributed by atoms with Crippen molar-refractivity contribution in [3.8, 4) is 0 Å². The number of unbranched alkanes of at least 4 members (excludes halogenated alkanes) is 1. The van der Waals surface area contributed by atoms with Gasteiger partial charge in [0.05, 0.1) is 0 Å². The third kappa shape index (κ3) is 3.27. The van der Waals surface area contributed by atoms with Crippen LogP contribution in [0.25, 0.3) is 0 Å². The summed E-state index contributed by atoms with van der Waals surface area (Å²) in [5.74, 6) is 0.0588. The molecule has 0 radical (unpaired) electrons. The number of benzene rings is 1. The van der Waals surface area contributed by atoms with Crippen molar-refractivity contribution in [2.45, 2.75) is 19.8 Å². The SMILES string of the molecule is CCCCN(C)C(=O)c1ccc(N)cc1. The van der Waals surface area contributed by atoms with Gasteiger partial charge in [-0.3, -0.25) is 4.79 Å². The van der Waals surface area contributed by atoms with Crippen LogP contribution in [0.1, 0.15) is 30.1 Å². The molecule has 0 saturated heterocycles. The van der Waals surface area contributed by atoms with Crippen LogP contribution in [0, 0.1) is 0 Å². The molecule has 1 amide bonds. The van der Waals surface area contributed by atoms with Crippen molar-refractivity contribution in [2.24, 2.45) is 0 Å². The van der Waals surface area contributed by atoms with E-state index in [0.717, 1.165) is 19.4 Å². The quantitative estimate of drug-likeness (QED) is 0.767. The number of amides is 1. The van der Waals surface area contributed by atoms with Crippen LogP contribution >= 0.6 is 0 Å². The van der Waals surface area contributed by atoms with Gasteiger partial charge in [-0.25, -0.2) is 0 Å². The second-order valence-electron chi connectivity index (χ2n) is 3.70. The normalized spacial score (nSPS) is 10.0. The number of rotatable bonds is 4. The maximum Gasteiger partial charge on any atom is 0.253 e. The summed E-state index contributed by atoms with van der Waals surface area (Å²) in [6.45, 7) is 2.92. The van der Waals surface area contributed by atoms with Crippen molar-refractivity contribution in [1.82, 2.24) is 4.90 Å². The highest BCUT2D eigenvalue weighted by Crippen LogP contribution is 2.08. The van der Waals surface area contributed by atoms with Crippen LogP contribution in [-0.4, -0.2) is 24.4 Å². The van der Waals surface area contributed by atoms with Gasteiger partial charge in [0.25, 0.3) is 5.91 Å². The fourth-order valence-corrected chi connectivity index (χ4v) is 1.34. The minimum absolute atomic E-state index is 0.0588. The van der Waals surface area contributed by atoms with E-state index < -0.39 is 0 Å². The van der Waals surface area contributed by atoms with E-state index in [-0.39, 0.29) is 5.91 Å². The van der Waals surface area contributed by atoms with E-state index in [2.05, 4.69) is 6.92 Å². The average molecular weight is 206 g/mol. The molecule has 1 aromatic carbocycles. The molecule has 0 fully saturated rings. The molecule has 3 heteroatoms. The summed E-state index contributed by atoms with van der Waals surface area (Å²) in [5.41, 5.74) is 6.94. The second-order valence-corrected chi connectivity index (χ2v) is 3.70. The summed E-state index contributed by atoms with van der Waals surface area (Å²) in [7, 11) is 1.83. The maximum absolute atomic E-state index is 11.8. The maximum atomic E-state index is 11.8. The van der Waals surface area contributed by atoms with Crippen LogP contribution in [0.4, 0.5) is 5.69 Å². The van der Waals surface area contributed by atoms with Gasteiger partial charge in [0.15, 0.2) is 0 Å². The minimum Gasteiger partial charge on any atom is -0.399 e. The van der Waals surface area contributed by atoms with Crippen molar-refractivity contribution >= 4 is 11.6 Å². The fraction of sp³-hybridized carbons (Fsp3) is 0.417. The first-order chi connectivity index (χ1) is 7.15. The van der Waals surface area contributed by atoms with Gasteiger partial charge in [0.2, 0.25) is 0 Å². The van der Waals surface area contributed by atoms with E-state index in [4.69, 9.17) is 5.73 Å². The van der Waals surface area contributed by atoms with Crippen LogP contribution in [-0.2, 0) is 0 Å². The van der Waals surface area contributed by atoms with Crippen LogP contribution < -0.4 is 5.73 Å². The lowest BCUT2D eigenvalue weighted by molar-refractivity contribution is 0.0793. The summed E-state index contributed by atoms with van der Waals surface area (Å²) in [5, 5.41) is 0. The van der Waals surface area contributed by atoms with Crippen molar-refractivity contribution < 1.29 is 4.79 Å². The lowest BCUT2D eigenvalue weighted by Crippen LogP contribution is -2.27. The van der Waals surface area contributed by atoms with Gasteiger partial charge >= 0.3 is 0 Å². The Hall–Kier alpha value is -1.51. The largest absolute Gasteiger partial charge is 0.399 e. The number of hydrogen-bond donors (Lipinski definition) is 1. The molecule has 82 valence electrons. The van der Waals surface area contributed by atoms with Gasteiger partial charge in [-0.2, -0.15) is 0 Å². The molecule has 0 aliphatic heterocycles. The van der Waals surface area contributed by atoms with E-state index in [1.807, 2.05) is 7.05 Å². The molecule has 1 rings (SSSR count). The summed E-state index contributed by atoms with van der Waals surface area (Å²) < 4.78 is 0. The van der Waals surface area contributed by atoms with E-state index in [1.165, 1.54) is 0 Å². The number of nitrogen functional groups attached to an aromatic ring is 1. The van der Waals surface area contributed by atoms with Crippen LogP contribution in [0.15, 0.2) is 24.3 Å². The third-order valence-corrected chi connectivity index (χ3v) is 2.35. The molecule has 3 nitrogen and oxygen atoms in total. The highest BCUT2D eigenvalue weighted by molar-refractivity contribution is 5.94. The van der Waals surface area contributed by atoms with Gasteiger partial charge in [0, 0.05) is 24.8 Å². The van der Waals surface area contributed by atoms with Crippen molar-refractivity contribution in [3.63, 3.8) is 0 Å². The standard InChI is InChI=1S/C12H18N2O/c1-3-4-9-14(2)12(15)10-5-7-11(13)8-6-10/h5-8H,3-4,9,13H2,1-2H3. The number of hydrogen-bond acceptors (Lipinski definition) is 2. The van der Waals surface area contributed by atoms with E-state index in [1.54, 1.807) is 29.2 Å². The van der Waals surface area contributed by atoms with Crippen LogP contribution in [0.5, 0.6) is 0 Å². The van der Waals surface area contributed by atoms with Crippen LogP contribution in [0.2, 0.25) is 0 Å². The predicted molar refractivity (Wildman–Crippen MR) is 62.7 cm³/mol. The smallest absolute Gasteiger partial charge is 0.253 e. The predicted octanol–water partition coefficient (Wildman–Crippen LogP) is 2.14. The highest BCUT2D eigenvalue weighted by atomic mass is 16.2. The number of carbonyl (C=O) groups is 1. The molecule has 2 N–H and O–H groups in total. The van der Waals surface area contributed by atoms with E-state index >= 15 is 0 Å². The molecule has 0 unspecified atom stereocenters. The third-order valence-electron chi connectivity index (χ3n) is 2.35. The molecule has 0 aliphatic carbocycles. The van der Waals surface area contributed by atoms with Gasteiger partial charge in [0.1, 0.15) is 0 Å². The molecule has 0 bridgehead atoms. The molecule has 0 aliphatic rings. The number of carbonyl (C=O) groups excluding carboxylic acids is 1. The molecule has 0 heterocycles. The zero-order valence-electron chi connectivity index (χ0n) is 9.36. The summed E-state index contributed by atoms with van der Waals surface area (Å²) in [4.78, 5) is 13.6. The highest BCUT2D eigenvalue weighted by Gasteiger charge is 2.09. The van der Waals surface area contributed by atoms with Crippen molar-refractivity contribution in [2.75, 3.05) is 19.3 Å². The lowest BCUT2D eigenvalue weighted by atomic mass is 10.2. The molecule has 0 saturated carbocycles. The van der Waals surface area contributed by atoms with Crippen molar-refractivity contribution in [3.05, 3.63) is 29.8 Å². The van der Waals surface area contributed by atoms with Crippen molar-refractivity contribution in [1.29, 1.82) is 0 Å². The first-order valence-electron chi connectivity index (χ1n) is 5.26. The zero-order chi connectivity index (χ0) is 11.3. The Bertz CT molecular complexity index is 319. The molecule has 0 atom stereocenters. The Kier molecular flexibility index (Phi) is 4.16. The Labute approximate surface area is 90.9 Å².